The number of alkyl halides is 2. The summed E-state index contributed by atoms with van der Waals surface area (Å²) in [4.78, 5) is 43.9. The molecule has 11 heteroatoms. The van der Waals surface area contributed by atoms with Crippen LogP contribution in [0.4, 0.5) is 10.5 Å². The maximum atomic E-state index is 13.6. The molecule has 1 aliphatic rings. The second-order valence-electron chi connectivity index (χ2n) is 8.66. The van der Waals surface area contributed by atoms with E-state index in [4.69, 9.17) is 44.3 Å². The summed E-state index contributed by atoms with van der Waals surface area (Å²) >= 11 is 18.3. The van der Waals surface area contributed by atoms with Gasteiger partial charge in [-0.1, -0.05) is 35.9 Å². The Kier molecular flexibility index (Phi) is 11.8. The van der Waals surface area contributed by atoms with Crippen LogP contribution in [0.15, 0.2) is 48.5 Å². The van der Waals surface area contributed by atoms with Crippen LogP contribution in [-0.4, -0.2) is 78.5 Å². The highest BCUT2D eigenvalue weighted by atomic mass is 35.5. The molecule has 0 aromatic heterocycles. The molecule has 2 aromatic carbocycles. The minimum atomic E-state index is -0.823. The van der Waals surface area contributed by atoms with Crippen LogP contribution in [0.5, 0.6) is 0 Å². The summed E-state index contributed by atoms with van der Waals surface area (Å²) in [6, 6.07) is 14.4. The number of carbonyl (C=O) groups excluding carboxylic acids is 3. The largest absolute Gasteiger partial charge is 0.510 e. The van der Waals surface area contributed by atoms with E-state index in [2.05, 4.69) is 4.90 Å². The number of carbonyl (C=O) groups is 3. The first-order valence-electron chi connectivity index (χ1n) is 12.5. The number of benzene rings is 2. The molecule has 0 saturated carbocycles. The van der Waals surface area contributed by atoms with E-state index in [0.717, 1.165) is 11.3 Å². The third kappa shape index (κ3) is 8.16. The minimum absolute atomic E-state index is 0.163. The van der Waals surface area contributed by atoms with Crippen molar-refractivity contribution in [2.24, 2.45) is 0 Å². The molecule has 2 amide bonds. The number of anilines is 1. The number of hydrogen-bond donors (Lipinski definition) is 0. The molecular formula is C27H32Cl3N3O5. The number of rotatable bonds is 12. The average Bonchev–Trinajstić information content (AvgIpc) is 3.36. The third-order valence-corrected chi connectivity index (χ3v) is 6.76. The number of amides is 2. The Bertz CT molecular complexity index is 1100. The molecule has 0 N–H and O–H groups in total. The van der Waals surface area contributed by atoms with Crippen LogP contribution in [-0.2, 0) is 20.8 Å². The Hall–Kier alpha value is -2.68. The number of halogens is 3. The summed E-state index contributed by atoms with van der Waals surface area (Å²) in [7, 11) is 0. The minimum Gasteiger partial charge on any atom is -0.435 e. The van der Waals surface area contributed by atoms with E-state index in [0.29, 0.717) is 54.8 Å². The van der Waals surface area contributed by atoms with Gasteiger partial charge in [0.15, 0.2) is 6.23 Å². The summed E-state index contributed by atoms with van der Waals surface area (Å²) in [5.41, 5.74) is 2.04. The van der Waals surface area contributed by atoms with Gasteiger partial charge in [0.05, 0.1) is 17.2 Å². The van der Waals surface area contributed by atoms with Crippen LogP contribution in [0.3, 0.4) is 0 Å². The first-order chi connectivity index (χ1) is 18.4. The van der Waals surface area contributed by atoms with Gasteiger partial charge in [0.1, 0.15) is 6.54 Å². The predicted octanol–water partition coefficient (Wildman–Crippen LogP) is 5.39. The van der Waals surface area contributed by atoms with Crippen molar-refractivity contribution in [2.75, 3.05) is 49.4 Å². The molecule has 1 heterocycles. The van der Waals surface area contributed by atoms with E-state index < -0.39 is 12.4 Å². The molecule has 8 nitrogen and oxygen atoms in total. The Morgan fingerprint density at radius 1 is 1.05 bits per heavy atom. The Morgan fingerprint density at radius 2 is 1.79 bits per heavy atom. The van der Waals surface area contributed by atoms with Crippen LogP contribution in [0.1, 0.15) is 35.7 Å². The highest BCUT2D eigenvalue weighted by Gasteiger charge is 2.34. The summed E-state index contributed by atoms with van der Waals surface area (Å²) in [6.07, 6.45) is -0.381. The molecule has 1 saturated heterocycles. The van der Waals surface area contributed by atoms with Gasteiger partial charge in [0.25, 0.3) is 5.91 Å². The van der Waals surface area contributed by atoms with Crippen LogP contribution >= 0.6 is 34.8 Å². The van der Waals surface area contributed by atoms with Crippen molar-refractivity contribution in [3.63, 3.8) is 0 Å². The zero-order valence-corrected chi connectivity index (χ0v) is 23.6. The lowest BCUT2D eigenvalue weighted by atomic mass is 10.1. The van der Waals surface area contributed by atoms with E-state index in [9.17, 15) is 14.4 Å². The summed E-state index contributed by atoms with van der Waals surface area (Å²) in [5, 5.41) is 0.295. The van der Waals surface area contributed by atoms with Gasteiger partial charge in [-0.3, -0.25) is 9.59 Å². The average molecular weight is 585 g/mol. The Balaban J connectivity index is 1.84. The van der Waals surface area contributed by atoms with Gasteiger partial charge in [-0.05, 0) is 43.2 Å². The smallest absolute Gasteiger partial charge is 0.435 e. The van der Waals surface area contributed by atoms with Crippen LogP contribution in [0.25, 0.3) is 0 Å². The zero-order chi connectivity index (χ0) is 27.5. The first kappa shape index (κ1) is 29.9. The molecule has 1 aliphatic heterocycles. The van der Waals surface area contributed by atoms with E-state index >= 15 is 0 Å². The molecule has 2 aromatic rings. The highest BCUT2D eigenvalue weighted by molar-refractivity contribution is 6.33. The van der Waals surface area contributed by atoms with Gasteiger partial charge in [-0.15, -0.1) is 23.2 Å². The van der Waals surface area contributed by atoms with Crippen LogP contribution in [0.2, 0.25) is 5.02 Å². The molecule has 0 spiro atoms. The van der Waals surface area contributed by atoms with Gasteiger partial charge >= 0.3 is 6.16 Å². The molecule has 0 radical (unpaired) electrons. The van der Waals surface area contributed by atoms with E-state index in [1.807, 2.05) is 24.3 Å². The monoisotopic (exact) mass is 583 g/mol. The maximum Gasteiger partial charge on any atom is 0.510 e. The van der Waals surface area contributed by atoms with Gasteiger partial charge in [-0.25, -0.2) is 4.79 Å². The summed E-state index contributed by atoms with van der Waals surface area (Å²) < 4.78 is 10.2. The number of hydrogen-bond acceptors (Lipinski definition) is 6. The van der Waals surface area contributed by atoms with Crippen molar-refractivity contribution in [1.29, 1.82) is 0 Å². The van der Waals surface area contributed by atoms with E-state index in [1.165, 1.54) is 9.80 Å². The quantitative estimate of drug-likeness (QED) is 0.246. The fourth-order valence-corrected chi connectivity index (χ4v) is 4.94. The lowest BCUT2D eigenvalue weighted by Crippen LogP contribution is -2.45. The summed E-state index contributed by atoms with van der Waals surface area (Å²) in [5.74, 6) is 0.170. The molecule has 1 atom stereocenters. The van der Waals surface area contributed by atoms with Crippen LogP contribution in [0, 0.1) is 0 Å². The fraction of sp³-hybridized carbons (Fsp3) is 0.444. The Labute approximate surface area is 238 Å². The molecule has 0 bridgehead atoms. The van der Waals surface area contributed by atoms with Crippen LogP contribution < -0.4 is 4.90 Å². The van der Waals surface area contributed by atoms with Crippen molar-refractivity contribution in [1.82, 2.24) is 9.80 Å². The van der Waals surface area contributed by atoms with Crippen molar-refractivity contribution in [3.8, 4) is 0 Å². The molecule has 1 unspecified atom stereocenters. The highest BCUT2D eigenvalue weighted by Crippen LogP contribution is 2.23. The van der Waals surface area contributed by atoms with Gasteiger partial charge in [-0.2, -0.15) is 0 Å². The zero-order valence-electron chi connectivity index (χ0n) is 21.3. The SMILES string of the molecule is CCOC(=O)OC1CCCN1C(=O)CN(Cc1cccc(N(CCCl)CCCl)c1)C(=O)c1ccccc1Cl. The standard InChI is InChI=1S/C27H32Cl3N3O5/c1-2-37-27(36)38-25-11-6-14-33(25)24(34)19-32(26(35)22-9-3-4-10-23(22)30)18-20-7-5-8-21(17-20)31(15-12-28)16-13-29/h3-5,7-10,17,25H,2,6,11-16,18-19H2,1H3. The first-order valence-corrected chi connectivity index (χ1v) is 13.9. The molecule has 0 aliphatic carbocycles. The number of ether oxygens (including phenoxy) is 2. The topological polar surface area (TPSA) is 79.4 Å². The Morgan fingerprint density at radius 3 is 2.47 bits per heavy atom. The lowest BCUT2D eigenvalue weighted by molar-refractivity contribution is -0.140. The number of likely N-dealkylation sites (tertiary alicyclic amines) is 1. The molecular weight excluding hydrogens is 553 g/mol. The molecule has 206 valence electrons. The van der Waals surface area contributed by atoms with Gasteiger partial charge in [0, 0.05) is 50.0 Å². The summed E-state index contributed by atoms with van der Waals surface area (Å²) in [6.45, 7) is 3.45. The number of nitrogens with zero attached hydrogens (tertiary/aromatic N) is 3. The fourth-order valence-electron chi connectivity index (χ4n) is 4.31. The van der Waals surface area contributed by atoms with Crippen molar-refractivity contribution in [3.05, 3.63) is 64.7 Å². The third-order valence-electron chi connectivity index (χ3n) is 6.09. The normalized spacial score (nSPS) is 14.7. The second-order valence-corrected chi connectivity index (χ2v) is 9.82. The maximum absolute atomic E-state index is 13.6. The molecule has 3 rings (SSSR count). The van der Waals surface area contributed by atoms with E-state index in [-0.39, 0.29) is 31.5 Å². The van der Waals surface area contributed by atoms with E-state index in [1.54, 1.807) is 31.2 Å². The van der Waals surface area contributed by atoms with Crippen molar-refractivity contribution in [2.45, 2.75) is 32.5 Å². The van der Waals surface area contributed by atoms with Crippen molar-refractivity contribution < 1.29 is 23.9 Å². The van der Waals surface area contributed by atoms with Gasteiger partial charge in [0.2, 0.25) is 5.91 Å². The molecule has 1 fully saturated rings. The predicted molar refractivity (Wildman–Crippen MR) is 149 cm³/mol. The van der Waals surface area contributed by atoms with Gasteiger partial charge < -0.3 is 24.2 Å². The molecule has 38 heavy (non-hydrogen) atoms. The van der Waals surface area contributed by atoms with Crippen molar-refractivity contribution >= 4 is 58.5 Å². The lowest BCUT2D eigenvalue weighted by Gasteiger charge is -2.29. The second kappa shape index (κ2) is 15.0.